The first-order chi connectivity index (χ1) is 16.4. The van der Waals surface area contributed by atoms with Gasteiger partial charge in [-0.05, 0) is 30.5 Å². The molecule has 0 aliphatic carbocycles. The maximum absolute atomic E-state index is 13.0. The zero-order chi connectivity index (χ0) is 23.8. The number of nitrogens with zero attached hydrogens (tertiary/aromatic N) is 5. The van der Waals surface area contributed by atoms with Crippen molar-refractivity contribution in [3.8, 4) is 11.8 Å². The van der Waals surface area contributed by atoms with Gasteiger partial charge in [-0.2, -0.15) is 5.10 Å². The number of anilines is 1. The van der Waals surface area contributed by atoms with Gasteiger partial charge in [0.15, 0.2) is 11.5 Å². The van der Waals surface area contributed by atoms with Crippen LogP contribution in [0.15, 0.2) is 59.9 Å². The molecular weight excluding hydrogens is 432 g/mol. The number of pyridine rings is 1. The second-order valence-electron chi connectivity index (χ2n) is 7.82. The van der Waals surface area contributed by atoms with Crippen LogP contribution in [0.4, 0.5) is 5.82 Å². The van der Waals surface area contributed by atoms with Crippen LogP contribution >= 0.6 is 0 Å². The van der Waals surface area contributed by atoms with Gasteiger partial charge in [0.05, 0.1) is 23.2 Å². The topological polar surface area (TPSA) is 136 Å². The second kappa shape index (κ2) is 8.22. The summed E-state index contributed by atoms with van der Waals surface area (Å²) in [5, 5.41) is 12.3. The Morgan fingerprint density at radius 2 is 2.12 bits per heavy atom. The van der Waals surface area contributed by atoms with Crippen molar-refractivity contribution < 1.29 is 4.79 Å². The quantitative estimate of drug-likeness (QED) is 0.357. The van der Waals surface area contributed by atoms with Gasteiger partial charge in [0.2, 0.25) is 0 Å². The number of nitrogens with two attached hydrogens (primary N) is 1. The highest BCUT2D eigenvalue weighted by Crippen LogP contribution is 2.20. The molecule has 10 nitrogen and oxygen atoms in total. The molecule has 0 aliphatic rings. The lowest BCUT2D eigenvalue weighted by molar-refractivity contribution is 0.0941. The average molecular weight is 452 g/mol. The molecule has 0 bridgehead atoms. The van der Waals surface area contributed by atoms with Gasteiger partial charge in [0, 0.05) is 36.9 Å². The molecule has 4 heterocycles. The molecule has 1 unspecified atom stereocenters. The Bertz CT molecular complexity index is 1680. The van der Waals surface area contributed by atoms with Crippen LogP contribution in [-0.4, -0.2) is 35.3 Å². The molecule has 168 valence electrons. The molecule has 5 rings (SSSR count). The lowest BCUT2D eigenvalue weighted by Crippen LogP contribution is -2.29. The molecule has 1 aromatic carbocycles. The molecule has 0 spiro atoms. The second-order valence-corrected chi connectivity index (χ2v) is 7.82. The molecule has 1 atom stereocenters. The van der Waals surface area contributed by atoms with E-state index in [4.69, 9.17) is 5.73 Å². The van der Waals surface area contributed by atoms with Crippen molar-refractivity contribution >= 4 is 28.1 Å². The molecule has 1 amide bonds. The summed E-state index contributed by atoms with van der Waals surface area (Å²) in [5.41, 5.74) is 8.11. The fraction of sp³-hybridized carbons (Fsp3) is 0.125. The zero-order valence-electron chi connectivity index (χ0n) is 18.4. The van der Waals surface area contributed by atoms with Crippen LogP contribution in [0.1, 0.15) is 40.1 Å². The van der Waals surface area contributed by atoms with Gasteiger partial charge in [-0.1, -0.05) is 24.0 Å². The van der Waals surface area contributed by atoms with Gasteiger partial charge >= 0.3 is 0 Å². The molecule has 34 heavy (non-hydrogen) atoms. The monoisotopic (exact) mass is 452 g/mol. The van der Waals surface area contributed by atoms with Crippen LogP contribution in [-0.2, 0) is 7.05 Å². The number of rotatable bonds is 3. The van der Waals surface area contributed by atoms with E-state index in [0.717, 1.165) is 10.9 Å². The van der Waals surface area contributed by atoms with E-state index in [9.17, 15) is 9.59 Å². The summed E-state index contributed by atoms with van der Waals surface area (Å²) in [6.07, 6.45) is 6.69. The third kappa shape index (κ3) is 3.75. The lowest BCUT2D eigenvalue weighted by atomic mass is 10.0. The molecule has 10 heteroatoms. The maximum atomic E-state index is 13.0. The first kappa shape index (κ1) is 21.0. The number of hydrogen-bond donors (Lipinski definition) is 3. The molecule has 4 N–H and O–H groups in total. The Hall–Kier alpha value is -4.91. The smallest absolute Gasteiger partial charge is 0.259 e. The van der Waals surface area contributed by atoms with Crippen LogP contribution in [0, 0.1) is 11.8 Å². The van der Waals surface area contributed by atoms with Crippen LogP contribution < -0.4 is 16.6 Å². The number of benzene rings is 1. The summed E-state index contributed by atoms with van der Waals surface area (Å²) < 4.78 is 3.11. The number of amides is 1. The van der Waals surface area contributed by atoms with E-state index in [0.29, 0.717) is 22.3 Å². The number of nitrogens with one attached hydrogen (secondary N) is 2. The molecular formula is C24H20N8O2. The SMILES string of the molecule is CC(NC(=O)c1c(N)nn2cccnc12)c1cc2cccc(C#Cc3cnn(C)c3)c2c(=O)[nH]1. The molecule has 0 radical (unpaired) electrons. The summed E-state index contributed by atoms with van der Waals surface area (Å²) in [5.74, 6) is 5.73. The van der Waals surface area contributed by atoms with Crippen molar-refractivity contribution in [2.24, 2.45) is 7.05 Å². The Morgan fingerprint density at radius 3 is 2.91 bits per heavy atom. The molecule has 0 aliphatic heterocycles. The Balaban J connectivity index is 1.46. The van der Waals surface area contributed by atoms with Crippen molar-refractivity contribution in [1.82, 2.24) is 34.7 Å². The minimum Gasteiger partial charge on any atom is -0.381 e. The van der Waals surface area contributed by atoms with E-state index in [1.807, 2.05) is 25.2 Å². The van der Waals surface area contributed by atoms with Gasteiger partial charge in [0.25, 0.3) is 11.5 Å². The van der Waals surface area contributed by atoms with Gasteiger partial charge in [-0.25, -0.2) is 9.50 Å². The van der Waals surface area contributed by atoms with Gasteiger partial charge in [-0.3, -0.25) is 14.3 Å². The summed E-state index contributed by atoms with van der Waals surface area (Å²) in [7, 11) is 1.82. The molecule has 0 fully saturated rings. The summed E-state index contributed by atoms with van der Waals surface area (Å²) in [6, 6.07) is 8.49. The number of H-pyrrole nitrogens is 1. The highest BCUT2D eigenvalue weighted by Gasteiger charge is 2.21. The van der Waals surface area contributed by atoms with E-state index in [2.05, 4.69) is 37.3 Å². The number of aryl methyl sites for hydroxylation is 1. The fourth-order valence-corrected chi connectivity index (χ4v) is 3.77. The van der Waals surface area contributed by atoms with Crippen LogP contribution in [0.2, 0.25) is 0 Å². The minimum absolute atomic E-state index is 0.0761. The van der Waals surface area contributed by atoms with Gasteiger partial charge in [-0.15, -0.1) is 5.10 Å². The highest BCUT2D eigenvalue weighted by atomic mass is 16.2. The number of nitrogen functional groups attached to an aromatic ring is 1. The van der Waals surface area contributed by atoms with Crippen LogP contribution in [0.3, 0.4) is 0 Å². The summed E-state index contributed by atoms with van der Waals surface area (Å²) in [4.78, 5) is 33.0. The normalized spacial score (nSPS) is 11.8. The van der Waals surface area contributed by atoms with E-state index in [1.54, 1.807) is 48.5 Å². The third-order valence-corrected chi connectivity index (χ3v) is 5.40. The van der Waals surface area contributed by atoms with Gasteiger partial charge in [0.1, 0.15) is 5.56 Å². The molecule has 4 aromatic heterocycles. The van der Waals surface area contributed by atoms with Gasteiger partial charge < -0.3 is 16.0 Å². The summed E-state index contributed by atoms with van der Waals surface area (Å²) >= 11 is 0. The minimum atomic E-state index is -0.507. The first-order valence-electron chi connectivity index (χ1n) is 10.5. The molecule has 5 aromatic rings. The number of aromatic nitrogens is 6. The number of carbonyl (C=O) groups excluding carboxylic acids is 1. The summed E-state index contributed by atoms with van der Waals surface area (Å²) in [6.45, 7) is 1.77. The lowest BCUT2D eigenvalue weighted by Gasteiger charge is -2.15. The number of aromatic amines is 1. The van der Waals surface area contributed by atoms with Crippen LogP contribution in [0.25, 0.3) is 16.4 Å². The third-order valence-electron chi connectivity index (χ3n) is 5.40. The van der Waals surface area contributed by atoms with Crippen LogP contribution in [0.5, 0.6) is 0 Å². The Morgan fingerprint density at radius 1 is 1.26 bits per heavy atom. The predicted molar refractivity (Wildman–Crippen MR) is 127 cm³/mol. The first-order valence-corrected chi connectivity index (χ1v) is 10.5. The maximum Gasteiger partial charge on any atom is 0.259 e. The standard InChI is InChI=1S/C24H20N8O2/c1-14(28-24(34)20-21(25)30-32-10-4-9-26-22(20)32)18-11-17-6-3-5-16(19(17)23(33)29-18)8-7-15-12-27-31(2)13-15/h3-6,9-14H,1-2H3,(H2,25,30)(H,28,34)(H,29,33). The number of hydrogen-bond acceptors (Lipinski definition) is 6. The highest BCUT2D eigenvalue weighted by molar-refractivity contribution is 6.04. The van der Waals surface area contributed by atoms with Crippen molar-refractivity contribution in [2.45, 2.75) is 13.0 Å². The van der Waals surface area contributed by atoms with E-state index in [-0.39, 0.29) is 16.9 Å². The van der Waals surface area contributed by atoms with Crippen molar-refractivity contribution in [2.75, 3.05) is 5.73 Å². The van der Waals surface area contributed by atoms with Crippen molar-refractivity contribution in [1.29, 1.82) is 0 Å². The average Bonchev–Trinajstić information content (AvgIpc) is 3.38. The van der Waals surface area contributed by atoms with E-state index in [1.165, 1.54) is 4.52 Å². The molecule has 0 saturated heterocycles. The van der Waals surface area contributed by atoms with Crippen molar-refractivity contribution in [3.63, 3.8) is 0 Å². The largest absolute Gasteiger partial charge is 0.381 e. The van der Waals surface area contributed by atoms with E-state index < -0.39 is 11.9 Å². The number of fused-ring (bicyclic) bond motifs is 2. The number of carbonyl (C=O) groups is 1. The fourth-order valence-electron chi connectivity index (χ4n) is 3.77. The van der Waals surface area contributed by atoms with E-state index >= 15 is 0 Å². The Labute approximate surface area is 193 Å². The Kier molecular flexibility index (Phi) is 5.07. The van der Waals surface area contributed by atoms with Crippen molar-refractivity contribution in [3.05, 3.63) is 87.9 Å². The molecule has 0 saturated carbocycles. The zero-order valence-corrected chi connectivity index (χ0v) is 18.4. The predicted octanol–water partition coefficient (Wildman–Crippen LogP) is 1.78.